The molecular formula is C23H14ClN3OS. The molecule has 3 aromatic carbocycles. The van der Waals surface area contributed by atoms with Gasteiger partial charge in [-0.2, -0.15) is 0 Å². The van der Waals surface area contributed by atoms with Gasteiger partial charge < -0.3 is 0 Å². The molecule has 4 nitrogen and oxygen atoms in total. The number of benzene rings is 3. The molecule has 5 aromatic rings. The van der Waals surface area contributed by atoms with Crippen LogP contribution in [0.5, 0.6) is 0 Å². The van der Waals surface area contributed by atoms with Gasteiger partial charge in [0.25, 0.3) is 5.91 Å². The zero-order valence-electron chi connectivity index (χ0n) is 15.1. The Kier molecular flexibility index (Phi) is 4.46. The Morgan fingerprint density at radius 3 is 2.52 bits per heavy atom. The second-order valence-corrected chi connectivity index (χ2v) is 7.94. The van der Waals surface area contributed by atoms with Crippen molar-refractivity contribution < 1.29 is 4.79 Å². The average molecular weight is 416 g/mol. The summed E-state index contributed by atoms with van der Waals surface area (Å²) in [5, 5.41) is 4.81. The van der Waals surface area contributed by atoms with E-state index in [-0.39, 0.29) is 5.91 Å². The van der Waals surface area contributed by atoms with E-state index < -0.39 is 0 Å². The first-order valence-electron chi connectivity index (χ1n) is 9.01. The van der Waals surface area contributed by atoms with Gasteiger partial charge in [0, 0.05) is 10.9 Å². The number of anilines is 1. The van der Waals surface area contributed by atoms with Crippen molar-refractivity contribution in [1.29, 1.82) is 0 Å². The van der Waals surface area contributed by atoms with Gasteiger partial charge >= 0.3 is 0 Å². The van der Waals surface area contributed by atoms with Gasteiger partial charge in [0.2, 0.25) is 0 Å². The highest BCUT2D eigenvalue weighted by molar-refractivity contribution is 7.22. The van der Waals surface area contributed by atoms with Crippen LogP contribution in [-0.4, -0.2) is 15.9 Å². The van der Waals surface area contributed by atoms with E-state index in [1.165, 1.54) is 11.3 Å². The van der Waals surface area contributed by atoms with Crippen LogP contribution in [0, 0.1) is 0 Å². The molecule has 29 heavy (non-hydrogen) atoms. The van der Waals surface area contributed by atoms with E-state index in [4.69, 9.17) is 16.6 Å². The Bertz CT molecular complexity index is 1360. The number of nitrogens with one attached hydrogen (secondary N) is 1. The third-order valence-electron chi connectivity index (χ3n) is 4.62. The number of rotatable bonds is 3. The van der Waals surface area contributed by atoms with Crippen molar-refractivity contribution in [2.45, 2.75) is 0 Å². The van der Waals surface area contributed by atoms with E-state index in [0.29, 0.717) is 21.2 Å². The fourth-order valence-electron chi connectivity index (χ4n) is 3.25. The van der Waals surface area contributed by atoms with E-state index in [9.17, 15) is 4.79 Å². The Balaban J connectivity index is 1.59. The summed E-state index contributed by atoms with van der Waals surface area (Å²) in [5.41, 5.74) is 3.73. The van der Waals surface area contributed by atoms with Crippen LogP contribution in [0.25, 0.3) is 32.4 Å². The number of fused-ring (bicyclic) bond motifs is 2. The zero-order valence-corrected chi connectivity index (χ0v) is 16.7. The molecule has 0 unspecified atom stereocenters. The highest BCUT2D eigenvalue weighted by Gasteiger charge is 2.16. The van der Waals surface area contributed by atoms with Gasteiger partial charge in [-0.3, -0.25) is 10.1 Å². The van der Waals surface area contributed by atoms with E-state index in [0.717, 1.165) is 26.9 Å². The molecule has 6 heteroatoms. The van der Waals surface area contributed by atoms with Crippen LogP contribution in [-0.2, 0) is 0 Å². The van der Waals surface area contributed by atoms with Crippen LogP contribution in [0.3, 0.4) is 0 Å². The molecule has 5 rings (SSSR count). The van der Waals surface area contributed by atoms with Gasteiger partial charge in [0.1, 0.15) is 5.52 Å². The van der Waals surface area contributed by atoms with Gasteiger partial charge in [-0.1, -0.05) is 77.5 Å². The normalized spacial score (nSPS) is 11.1. The van der Waals surface area contributed by atoms with Crippen molar-refractivity contribution in [3.63, 3.8) is 0 Å². The van der Waals surface area contributed by atoms with Gasteiger partial charge in [0.15, 0.2) is 5.13 Å². The topological polar surface area (TPSA) is 54.9 Å². The molecule has 0 saturated carbocycles. The van der Waals surface area contributed by atoms with Gasteiger partial charge in [-0.15, -0.1) is 0 Å². The number of pyridine rings is 1. The number of aromatic nitrogens is 2. The molecule has 0 fully saturated rings. The lowest BCUT2D eigenvalue weighted by molar-refractivity contribution is 0.102. The Morgan fingerprint density at radius 1 is 0.897 bits per heavy atom. The summed E-state index contributed by atoms with van der Waals surface area (Å²) < 4.78 is 0.928. The molecule has 0 saturated heterocycles. The van der Waals surface area contributed by atoms with E-state index in [1.54, 1.807) is 6.07 Å². The van der Waals surface area contributed by atoms with Crippen LogP contribution in [0.15, 0.2) is 78.9 Å². The fraction of sp³-hybridized carbons (Fsp3) is 0. The Morgan fingerprint density at radius 2 is 1.69 bits per heavy atom. The van der Waals surface area contributed by atoms with Crippen LogP contribution >= 0.6 is 22.9 Å². The van der Waals surface area contributed by atoms with Crippen molar-refractivity contribution in [1.82, 2.24) is 9.97 Å². The van der Waals surface area contributed by atoms with E-state index >= 15 is 0 Å². The molecule has 0 aliphatic carbocycles. The maximum Gasteiger partial charge on any atom is 0.258 e. The van der Waals surface area contributed by atoms with Gasteiger partial charge in [-0.25, -0.2) is 9.97 Å². The average Bonchev–Trinajstić information content (AvgIpc) is 3.17. The number of thiazole rings is 1. The molecule has 1 amide bonds. The lowest BCUT2D eigenvalue weighted by Crippen LogP contribution is -2.13. The van der Waals surface area contributed by atoms with Gasteiger partial charge in [-0.05, 0) is 24.3 Å². The van der Waals surface area contributed by atoms with Crippen LogP contribution in [0.2, 0.25) is 5.02 Å². The standard InChI is InChI=1S/C23H14ClN3OS/c24-17-10-6-12-20-21(17)26-23(29-20)27-22(28)16-13-19(14-7-2-1-3-8-14)25-18-11-5-4-9-15(16)18/h1-13H,(H,26,27,28). The highest BCUT2D eigenvalue weighted by Crippen LogP contribution is 2.31. The van der Waals surface area contributed by atoms with Crippen molar-refractivity contribution >= 4 is 55.1 Å². The molecule has 2 heterocycles. The summed E-state index contributed by atoms with van der Waals surface area (Å²) >= 11 is 7.61. The second kappa shape index (κ2) is 7.28. The van der Waals surface area contributed by atoms with Crippen molar-refractivity contribution in [3.05, 3.63) is 89.4 Å². The maximum absolute atomic E-state index is 13.2. The quantitative estimate of drug-likeness (QED) is 0.370. The molecule has 140 valence electrons. The van der Waals surface area contributed by atoms with E-state index in [1.807, 2.05) is 72.8 Å². The van der Waals surface area contributed by atoms with Crippen LogP contribution in [0.1, 0.15) is 10.4 Å². The first-order valence-corrected chi connectivity index (χ1v) is 10.2. The van der Waals surface area contributed by atoms with E-state index in [2.05, 4.69) is 10.3 Å². The second-order valence-electron chi connectivity index (χ2n) is 6.50. The lowest BCUT2D eigenvalue weighted by Gasteiger charge is -2.09. The number of para-hydroxylation sites is 2. The molecule has 0 spiro atoms. The minimum absolute atomic E-state index is 0.226. The maximum atomic E-state index is 13.2. The first kappa shape index (κ1) is 17.8. The highest BCUT2D eigenvalue weighted by atomic mass is 35.5. The molecule has 0 atom stereocenters. The molecule has 1 N–H and O–H groups in total. The first-order chi connectivity index (χ1) is 14.2. The molecule has 0 aliphatic rings. The number of carbonyl (C=O) groups excluding carboxylic acids is 1. The summed E-state index contributed by atoms with van der Waals surface area (Å²) in [6, 6.07) is 24.9. The van der Waals surface area contributed by atoms with Gasteiger partial charge in [0.05, 0.1) is 26.5 Å². The van der Waals surface area contributed by atoms with Crippen molar-refractivity contribution in [3.8, 4) is 11.3 Å². The number of nitrogens with zero attached hydrogens (tertiary/aromatic N) is 2. The minimum Gasteiger partial charge on any atom is -0.298 e. The molecule has 0 bridgehead atoms. The molecule has 0 radical (unpaired) electrons. The largest absolute Gasteiger partial charge is 0.298 e. The summed E-state index contributed by atoms with van der Waals surface area (Å²) in [6.07, 6.45) is 0. The lowest BCUT2D eigenvalue weighted by atomic mass is 10.0. The third kappa shape index (κ3) is 3.35. The fourth-order valence-corrected chi connectivity index (χ4v) is 4.41. The Hall–Kier alpha value is -3.28. The number of amides is 1. The minimum atomic E-state index is -0.226. The third-order valence-corrected chi connectivity index (χ3v) is 5.86. The smallest absolute Gasteiger partial charge is 0.258 e. The van der Waals surface area contributed by atoms with Crippen LogP contribution in [0.4, 0.5) is 5.13 Å². The number of carbonyl (C=O) groups is 1. The summed E-state index contributed by atoms with van der Waals surface area (Å²) in [6.45, 7) is 0. The summed E-state index contributed by atoms with van der Waals surface area (Å²) in [5.74, 6) is -0.226. The predicted molar refractivity (Wildman–Crippen MR) is 120 cm³/mol. The number of hydrogen-bond donors (Lipinski definition) is 1. The summed E-state index contributed by atoms with van der Waals surface area (Å²) in [7, 11) is 0. The molecule has 2 aromatic heterocycles. The van der Waals surface area contributed by atoms with Crippen molar-refractivity contribution in [2.24, 2.45) is 0 Å². The zero-order chi connectivity index (χ0) is 19.8. The molecular weight excluding hydrogens is 402 g/mol. The predicted octanol–water partition coefficient (Wildman–Crippen LogP) is 6.42. The van der Waals surface area contributed by atoms with Crippen molar-refractivity contribution in [2.75, 3.05) is 5.32 Å². The van der Waals surface area contributed by atoms with Crippen LogP contribution < -0.4 is 5.32 Å². The number of halogens is 1. The summed E-state index contributed by atoms with van der Waals surface area (Å²) in [4.78, 5) is 22.4. The Labute approximate surface area is 175 Å². The monoisotopic (exact) mass is 415 g/mol. The SMILES string of the molecule is O=C(Nc1nc2c(Cl)cccc2s1)c1cc(-c2ccccc2)nc2ccccc12. The molecule has 0 aliphatic heterocycles. The number of hydrogen-bond acceptors (Lipinski definition) is 4.